The maximum Gasteiger partial charge on any atom is 0.416 e. The maximum atomic E-state index is 13.1. The average molecular weight is 343 g/mol. The number of aromatic nitrogens is 4. The van der Waals surface area contributed by atoms with Gasteiger partial charge in [-0.25, -0.2) is 0 Å². The summed E-state index contributed by atoms with van der Waals surface area (Å²) in [4.78, 5) is 6.28. The molecule has 8 heteroatoms. The third kappa shape index (κ3) is 2.55. The van der Waals surface area contributed by atoms with E-state index in [4.69, 9.17) is 0 Å². The van der Waals surface area contributed by atoms with Crippen molar-refractivity contribution in [3.63, 3.8) is 0 Å². The van der Waals surface area contributed by atoms with Crippen LogP contribution in [0.1, 0.15) is 5.56 Å². The molecule has 0 atom stereocenters. The van der Waals surface area contributed by atoms with Gasteiger partial charge in [0.25, 0.3) is 5.78 Å². The lowest BCUT2D eigenvalue weighted by Gasteiger charge is -2.20. The Kier molecular flexibility index (Phi) is 3.34. The molecule has 0 N–H and O–H groups in total. The van der Waals surface area contributed by atoms with Crippen molar-refractivity contribution in [2.24, 2.45) is 0 Å². The van der Waals surface area contributed by atoms with Gasteiger partial charge in [0.1, 0.15) is 12.1 Å². The van der Waals surface area contributed by atoms with Gasteiger partial charge in [-0.2, -0.15) is 18.2 Å². The number of rotatable bonds is 2. The molecule has 2 heterocycles. The van der Waals surface area contributed by atoms with Crippen LogP contribution in [0.4, 0.5) is 24.7 Å². The van der Waals surface area contributed by atoms with Crippen LogP contribution in [0.25, 0.3) is 16.7 Å². The van der Waals surface area contributed by atoms with Crippen molar-refractivity contribution in [1.29, 1.82) is 0 Å². The molecule has 0 aliphatic heterocycles. The fourth-order valence-corrected chi connectivity index (χ4v) is 2.76. The summed E-state index contributed by atoms with van der Waals surface area (Å²) in [5.41, 5.74) is 0.484. The molecule has 2 aromatic carbocycles. The molecular formula is C17H12F3N5. The van der Waals surface area contributed by atoms with Crippen molar-refractivity contribution < 1.29 is 13.2 Å². The van der Waals surface area contributed by atoms with E-state index in [1.54, 1.807) is 0 Å². The lowest BCUT2D eigenvalue weighted by molar-refractivity contribution is -0.137. The first-order valence-corrected chi connectivity index (χ1v) is 7.44. The van der Waals surface area contributed by atoms with Crippen molar-refractivity contribution in [3.05, 3.63) is 60.4 Å². The molecule has 2 aromatic heterocycles. The highest BCUT2D eigenvalue weighted by molar-refractivity contribution is 5.93. The summed E-state index contributed by atoms with van der Waals surface area (Å²) in [6.45, 7) is 0. The Bertz CT molecular complexity index is 1060. The van der Waals surface area contributed by atoms with Crippen molar-refractivity contribution >= 4 is 28.2 Å². The SMILES string of the molecule is CN(c1ccccc1)c1nc2nncn2c2cc(C(F)(F)F)ccc12. The number of nitrogens with zero attached hydrogens (tertiary/aromatic N) is 5. The number of anilines is 2. The largest absolute Gasteiger partial charge is 0.416 e. The van der Waals surface area contributed by atoms with Gasteiger partial charge in [0, 0.05) is 18.1 Å². The number of para-hydroxylation sites is 1. The second-order valence-electron chi connectivity index (χ2n) is 5.56. The van der Waals surface area contributed by atoms with Gasteiger partial charge in [0.05, 0.1) is 11.1 Å². The fraction of sp³-hybridized carbons (Fsp3) is 0.118. The second-order valence-corrected chi connectivity index (χ2v) is 5.56. The van der Waals surface area contributed by atoms with Crippen LogP contribution < -0.4 is 4.90 Å². The zero-order valence-electron chi connectivity index (χ0n) is 13.1. The lowest BCUT2D eigenvalue weighted by Crippen LogP contribution is -2.13. The molecular weight excluding hydrogens is 331 g/mol. The summed E-state index contributed by atoms with van der Waals surface area (Å²) in [7, 11) is 1.81. The van der Waals surface area contributed by atoms with Crippen molar-refractivity contribution in [1.82, 2.24) is 19.6 Å². The minimum Gasteiger partial charge on any atom is -0.329 e. The van der Waals surface area contributed by atoms with Crippen LogP contribution in [0.5, 0.6) is 0 Å². The van der Waals surface area contributed by atoms with Gasteiger partial charge in [-0.1, -0.05) is 18.2 Å². The maximum absolute atomic E-state index is 13.1. The van der Waals surface area contributed by atoms with E-state index in [1.165, 1.54) is 16.8 Å². The molecule has 126 valence electrons. The van der Waals surface area contributed by atoms with Crippen LogP contribution in [0.2, 0.25) is 0 Å². The monoisotopic (exact) mass is 343 g/mol. The van der Waals surface area contributed by atoms with Gasteiger partial charge in [0.15, 0.2) is 0 Å². The number of halogens is 3. The molecule has 25 heavy (non-hydrogen) atoms. The fourth-order valence-electron chi connectivity index (χ4n) is 2.76. The smallest absolute Gasteiger partial charge is 0.329 e. The molecule has 4 aromatic rings. The van der Waals surface area contributed by atoms with Gasteiger partial charge in [-0.05, 0) is 30.3 Å². The van der Waals surface area contributed by atoms with Crippen molar-refractivity contribution in [2.75, 3.05) is 11.9 Å². The van der Waals surface area contributed by atoms with Crippen LogP contribution >= 0.6 is 0 Å². The minimum absolute atomic E-state index is 0.240. The van der Waals surface area contributed by atoms with Gasteiger partial charge in [0.2, 0.25) is 0 Å². The van der Waals surface area contributed by atoms with E-state index in [2.05, 4.69) is 15.2 Å². The Hall–Kier alpha value is -3.16. The average Bonchev–Trinajstić information content (AvgIpc) is 3.09. The molecule has 0 amide bonds. The van der Waals surface area contributed by atoms with E-state index in [1.807, 2.05) is 42.3 Å². The van der Waals surface area contributed by atoms with E-state index < -0.39 is 11.7 Å². The van der Waals surface area contributed by atoms with Gasteiger partial charge in [-0.3, -0.25) is 4.40 Å². The van der Waals surface area contributed by atoms with Crippen LogP contribution in [0.15, 0.2) is 54.9 Å². The third-order valence-electron chi connectivity index (χ3n) is 4.02. The minimum atomic E-state index is -4.43. The van der Waals surface area contributed by atoms with E-state index in [0.29, 0.717) is 16.7 Å². The summed E-state index contributed by atoms with van der Waals surface area (Å²) in [6.07, 6.45) is -3.07. The molecule has 0 spiro atoms. The van der Waals surface area contributed by atoms with E-state index in [9.17, 15) is 13.2 Å². The summed E-state index contributed by atoms with van der Waals surface area (Å²) < 4.78 is 40.7. The third-order valence-corrected chi connectivity index (χ3v) is 4.02. The lowest BCUT2D eigenvalue weighted by atomic mass is 10.1. The highest BCUT2D eigenvalue weighted by Gasteiger charge is 2.31. The Morgan fingerprint density at radius 3 is 2.52 bits per heavy atom. The van der Waals surface area contributed by atoms with E-state index >= 15 is 0 Å². The quantitative estimate of drug-likeness (QED) is 0.551. The molecule has 0 fully saturated rings. The molecule has 0 aliphatic rings. The Labute approximate surface area is 140 Å². The number of alkyl halides is 3. The predicted molar refractivity (Wildman–Crippen MR) is 87.8 cm³/mol. The van der Waals surface area contributed by atoms with Gasteiger partial charge < -0.3 is 4.90 Å². The zero-order chi connectivity index (χ0) is 17.6. The molecule has 0 bridgehead atoms. The summed E-state index contributed by atoms with van der Waals surface area (Å²) in [6, 6.07) is 13.0. The first kappa shape index (κ1) is 15.4. The normalized spacial score (nSPS) is 12.0. The standard InChI is InChI=1S/C17H12F3N5/c1-24(12-5-3-2-4-6-12)15-13-8-7-11(17(18,19)20)9-14(13)25-10-21-23-16(25)22-15/h2-10H,1H3. The number of hydrogen-bond donors (Lipinski definition) is 0. The van der Waals surface area contributed by atoms with Gasteiger partial charge >= 0.3 is 6.18 Å². The highest BCUT2D eigenvalue weighted by Crippen LogP contribution is 2.35. The molecule has 0 unspecified atom stereocenters. The van der Waals surface area contributed by atoms with Crippen molar-refractivity contribution in [2.45, 2.75) is 6.18 Å². The Morgan fingerprint density at radius 2 is 1.80 bits per heavy atom. The summed E-state index contributed by atoms with van der Waals surface area (Å²) in [5, 5.41) is 8.23. The Morgan fingerprint density at radius 1 is 1.04 bits per heavy atom. The van der Waals surface area contributed by atoms with Crippen molar-refractivity contribution in [3.8, 4) is 0 Å². The van der Waals surface area contributed by atoms with E-state index in [-0.39, 0.29) is 5.78 Å². The molecule has 0 saturated heterocycles. The highest BCUT2D eigenvalue weighted by atomic mass is 19.4. The summed E-state index contributed by atoms with van der Waals surface area (Å²) in [5.74, 6) is 0.750. The Balaban J connectivity index is 2.01. The molecule has 0 radical (unpaired) electrons. The van der Waals surface area contributed by atoms with Crippen LogP contribution in [-0.4, -0.2) is 26.6 Å². The second kappa shape index (κ2) is 5.44. The molecule has 0 aliphatic carbocycles. The first-order valence-electron chi connectivity index (χ1n) is 7.44. The van der Waals surface area contributed by atoms with Crippen LogP contribution in [0, 0.1) is 0 Å². The molecule has 5 nitrogen and oxygen atoms in total. The van der Waals surface area contributed by atoms with Crippen LogP contribution in [0.3, 0.4) is 0 Å². The van der Waals surface area contributed by atoms with Gasteiger partial charge in [-0.15, -0.1) is 10.2 Å². The van der Waals surface area contributed by atoms with Crippen LogP contribution in [-0.2, 0) is 6.18 Å². The number of benzene rings is 2. The zero-order valence-corrected chi connectivity index (χ0v) is 13.1. The summed E-state index contributed by atoms with van der Waals surface area (Å²) >= 11 is 0. The predicted octanol–water partition coefficient (Wildman–Crippen LogP) is 4.06. The van der Waals surface area contributed by atoms with E-state index in [0.717, 1.165) is 17.8 Å². The number of hydrogen-bond acceptors (Lipinski definition) is 4. The molecule has 4 rings (SSSR count). The molecule has 0 saturated carbocycles. The topological polar surface area (TPSA) is 46.3 Å². The first-order chi connectivity index (χ1) is 11.9. The number of fused-ring (bicyclic) bond motifs is 3.